The molecule has 6 nitrogen and oxygen atoms in total. The highest BCUT2D eigenvalue weighted by molar-refractivity contribution is 5.77. The lowest BCUT2D eigenvalue weighted by Crippen LogP contribution is -2.42. The molecule has 126 valence electrons. The number of aryl methyl sites for hydroxylation is 2. The molecule has 0 saturated carbocycles. The molecule has 2 atom stereocenters. The minimum Gasteiger partial charge on any atom is -0.366 e. The minimum absolute atomic E-state index is 0.206. The van der Waals surface area contributed by atoms with Crippen LogP contribution >= 0.6 is 0 Å². The van der Waals surface area contributed by atoms with Gasteiger partial charge in [0.1, 0.15) is 11.9 Å². The highest BCUT2D eigenvalue weighted by Crippen LogP contribution is 2.35. The number of rotatable bonds is 3. The van der Waals surface area contributed by atoms with Crippen molar-refractivity contribution in [2.45, 2.75) is 38.2 Å². The Bertz CT molecular complexity index is 742. The number of carbonyl (C=O) groups excluding carboxylic acids is 1. The number of fused-ring (bicyclic) bond motifs is 1. The molecule has 1 N–H and O–H groups in total. The van der Waals surface area contributed by atoms with Crippen molar-refractivity contribution in [3.05, 3.63) is 47.0 Å². The van der Waals surface area contributed by atoms with E-state index in [1.165, 1.54) is 11.1 Å². The van der Waals surface area contributed by atoms with E-state index in [0.717, 1.165) is 18.7 Å². The smallest absolute Gasteiger partial charge is 0.223 e. The molecule has 0 radical (unpaired) electrons. The second-order valence-electron chi connectivity index (χ2n) is 6.62. The molecule has 0 unspecified atom stereocenters. The molecular formula is C18H22N4O2. The zero-order valence-electron chi connectivity index (χ0n) is 13.9. The van der Waals surface area contributed by atoms with Crippen molar-refractivity contribution in [3.8, 4) is 0 Å². The van der Waals surface area contributed by atoms with Gasteiger partial charge in [0, 0.05) is 13.0 Å². The molecule has 2 aliphatic rings. The molecule has 2 aromatic rings. The van der Waals surface area contributed by atoms with Gasteiger partial charge in [-0.3, -0.25) is 9.89 Å². The first-order valence-corrected chi connectivity index (χ1v) is 8.57. The molecule has 1 saturated heterocycles. The summed E-state index contributed by atoms with van der Waals surface area (Å²) in [4.78, 5) is 19.0. The molecule has 0 spiro atoms. The SMILES string of the molecule is Cc1nc([C@@H]2CN(C(=O)C[C@H]3CCc4ccccc43)CCO2)n[nH]1. The predicted molar refractivity (Wildman–Crippen MR) is 88.5 cm³/mol. The topological polar surface area (TPSA) is 71.1 Å². The van der Waals surface area contributed by atoms with Gasteiger partial charge in [-0.25, -0.2) is 4.98 Å². The Balaban J connectivity index is 1.41. The number of aromatic amines is 1. The van der Waals surface area contributed by atoms with Gasteiger partial charge in [-0.15, -0.1) is 0 Å². The van der Waals surface area contributed by atoms with E-state index in [9.17, 15) is 4.79 Å². The number of carbonyl (C=O) groups is 1. The van der Waals surface area contributed by atoms with Crippen LogP contribution in [-0.4, -0.2) is 45.7 Å². The van der Waals surface area contributed by atoms with Crippen molar-refractivity contribution in [2.75, 3.05) is 19.7 Å². The number of nitrogens with one attached hydrogen (secondary N) is 1. The van der Waals surface area contributed by atoms with Crippen molar-refractivity contribution < 1.29 is 9.53 Å². The summed E-state index contributed by atoms with van der Waals surface area (Å²) in [5, 5.41) is 7.00. The van der Waals surface area contributed by atoms with Crippen molar-refractivity contribution in [1.29, 1.82) is 0 Å². The third-order valence-electron chi connectivity index (χ3n) is 5.00. The quantitative estimate of drug-likeness (QED) is 0.938. The number of benzene rings is 1. The van der Waals surface area contributed by atoms with Gasteiger partial charge < -0.3 is 9.64 Å². The maximum Gasteiger partial charge on any atom is 0.223 e. The Morgan fingerprint density at radius 1 is 1.42 bits per heavy atom. The van der Waals surface area contributed by atoms with Crippen LogP contribution in [0.5, 0.6) is 0 Å². The fourth-order valence-electron chi connectivity index (χ4n) is 3.73. The maximum atomic E-state index is 12.8. The lowest BCUT2D eigenvalue weighted by atomic mass is 9.97. The highest BCUT2D eigenvalue weighted by atomic mass is 16.5. The van der Waals surface area contributed by atoms with E-state index < -0.39 is 0 Å². The molecule has 24 heavy (non-hydrogen) atoms. The summed E-state index contributed by atoms with van der Waals surface area (Å²) in [7, 11) is 0. The number of amides is 1. The molecule has 1 fully saturated rings. The van der Waals surface area contributed by atoms with E-state index >= 15 is 0 Å². The summed E-state index contributed by atoms with van der Waals surface area (Å²) in [6.45, 7) is 3.57. The fraction of sp³-hybridized carbons (Fsp3) is 0.500. The van der Waals surface area contributed by atoms with Crippen LogP contribution < -0.4 is 0 Å². The number of ether oxygens (including phenoxy) is 1. The van der Waals surface area contributed by atoms with Crippen LogP contribution in [0.3, 0.4) is 0 Å². The summed E-state index contributed by atoms with van der Waals surface area (Å²) in [6.07, 6.45) is 2.50. The zero-order chi connectivity index (χ0) is 16.5. The summed E-state index contributed by atoms with van der Waals surface area (Å²) in [5.41, 5.74) is 2.74. The Morgan fingerprint density at radius 2 is 2.29 bits per heavy atom. The number of hydrogen-bond acceptors (Lipinski definition) is 4. The van der Waals surface area contributed by atoms with Crippen LogP contribution in [0.1, 0.15) is 47.6 Å². The van der Waals surface area contributed by atoms with Gasteiger partial charge in [0.2, 0.25) is 5.91 Å². The van der Waals surface area contributed by atoms with Gasteiger partial charge in [0.05, 0.1) is 13.2 Å². The van der Waals surface area contributed by atoms with E-state index in [1.54, 1.807) is 0 Å². The standard InChI is InChI=1S/C18H22N4O2/c1-12-19-18(21-20-12)16-11-22(8-9-24-16)17(23)10-14-7-6-13-4-2-3-5-15(13)14/h2-5,14,16H,6-11H2,1H3,(H,19,20,21)/t14-,16+/m1/s1. The lowest BCUT2D eigenvalue weighted by Gasteiger charge is -2.32. The molecule has 0 bridgehead atoms. The van der Waals surface area contributed by atoms with Gasteiger partial charge in [-0.2, -0.15) is 5.10 Å². The average Bonchev–Trinajstić information content (AvgIpc) is 3.22. The Hall–Kier alpha value is -2.21. The molecule has 4 rings (SSSR count). The Labute approximate surface area is 141 Å². The first-order valence-electron chi connectivity index (χ1n) is 8.57. The first-order chi connectivity index (χ1) is 11.7. The molecule has 1 aromatic carbocycles. The van der Waals surface area contributed by atoms with Crippen LogP contribution in [0.15, 0.2) is 24.3 Å². The number of nitrogens with zero attached hydrogens (tertiary/aromatic N) is 3. The van der Waals surface area contributed by atoms with Crippen LogP contribution in [0, 0.1) is 6.92 Å². The third kappa shape index (κ3) is 2.94. The van der Waals surface area contributed by atoms with Crippen LogP contribution in [0.2, 0.25) is 0 Å². The molecule has 1 aliphatic carbocycles. The Morgan fingerprint density at radius 3 is 3.12 bits per heavy atom. The predicted octanol–water partition coefficient (Wildman–Crippen LogP) is 2.13. The third-order valence-corrected chi connectivity index (χ3v) is 5.00. The minimum atomic E-state index is -0.233. The molecule has 6 heteroatoms. The summed E-state index contributed by atoms with van der Waals surface area (Å²) in [5.74, 6) is 1.95. The van der Waals surface area contributed by atoms with Crippen LogP contribution in [0.25, 0.3) is 0 Å². The van der Waals surface area contributed by atoms with E-state index in [4.69, 9.17) is 4.74 Å². The lowest BCUT2D eigenvalue weighted by molar-refractivity contribution is -0.139. The number of morpholine rings is 1. The van der Waals surface area contributed by atoms with Gasteiger partial charge >= 0.3 is 0 Å². The summed E-state index contributed by atoms with van der Waals surface area (Å²) < 4.78 is 5.75. The van der Waals surface area contributed by atoms with Crippen molar-refractivity contribution >= 4 is 5.91 Å². The van der Waals surface area contributed by atoms with Gasteiger partial charge in [0.15, 0.2) is 5.82 Å². The highest BCUT2D eigenvalue weighted by Gasteiger charge is 2.31. The first kappa shape index (κ1) is 15.3. The normalized spacial score (nSPS) is 23.3. The monoisotopic (exact) mass is 326 g/mol. The average molecular weight is 326 g/mol. The largest absolute Gasteiger partial charge is 0.366 e. The molecule has 1 amide bonds. The van der Waals surface area contributed by atoms with Crippen molar-refractivity contribution in [3.63, 3.8) is 0 Å². The summed E-state index contributed by atoms with van der Waals surface area (Å²) in [6, 6.07) is 8.49. The van der Waals surface area contributed by atoms with E-state index in [1.807, 2.05) is 11.8 Å². The van der Waals surface area contributed by atoms with E-state index in [-0.39, 0.29) is 12.0 Å². The fourth-order valence-corrected chi connectivity index (χ4v) is 3.73. The second kappa shape index (κ2) is 6.36. The van der Waals surface area contributed by atoms with Crippen molar-refractivity contribution in [1.82, 2.24) is 20.1 Å². The Kier molecular flexibility index (Phi) is 4.06. The summed E-state index contributed by atoms with van der Waals surface area (Å²) >= 11 is 0. The number of hydrogen-bond donors (Lipinski definition) is 1. The molecule has 1 aromatic heterocycles. The molecule has 1 aliphatic heterocycles. The maximum absolute atomic E-state index is 12.8. The van der Waals surface area contributed by atoms with Gasteiger partial charge in [-0.05, 0) is 36.8 Å². The van der Waals surface area contributed by atoms with Crippen molar-refractivity contribution in [2.24, 2.45) is 0 Å². The molecular weight excluding hydrogens is 304 g/mol. The van der Waals surface area contributed by atoms with Gasteiger partial charge in [0.25, 0.3) is 0 Å². The second-order valence-corrected chi connectivity index (χ2v) is 6.62. The van der Waals surface area contributed by atoms with E-state index in [0.29, 0.717) is 37.9 Å². The molecule has 2 heterocycles. The van der Waals surface area contributed by atoms with E-state index in [2.05, 4.69) is 39.4 Å². The van der Waals surface area contributed by atoms with Crippen LogP contribution in [0.4, 0.5) is 0 Å². The number of aromatic nitrogens is 3. The zero-order valence-corrected chi connectivity index (χ0v) is 13.9. The van der Waals surface area contributed by atoms with Crippen LogP contribution in [-0.2, 0) is 16.0 Å². The number of H-pyrrole nitrogens is 1. The van der Waals surface area contributed by atoms with Gasteiger partial charge in [-0.1, -0.05) is 24.3 Å².